The highest BCUT2D eigenvalue weighted by molar-refractivity contribution is 6.00. The zero-order valence-electron chi connectivity index (χ0n) is 6.76. The van der Waals surface area contributed by atoms with Crippen LogP contribution < -0.4 is 0 Å². The standard InChI is InChI=1S/C10H8O2/c1-10(5-12-10)9-3-6-2-7(6)8(9)4-11/h2-4H,5H2,1H3. The molecule has 0 N–H and O–H groups in total. The van der Waals surface area contributed by atoms with Crippen LogP contribution in [0.2, 0.25) is 0 Å². The maximum absolute atomic E-state index is 10.7. The molecule has 0 aromatic carbocycles. The number of hydrogen-bond acceptors (Lipinski definition) is 2. The number of fused-ring (bicyclic) bond motifs is 1. The van der Waals surface area contributed by atoms with E-state index in [9.17, 15) is 4.79 Å². The number of rotatable bonds is 2. The van der Waals surface area contributed by atoms with E-state index in [1.165, 1.54) is 5.56 Å². The number of carbonyl (C=O) groups is 1. The van der Waals surface area contributed by atoms with E-state index < -0.39 is 0 Å². The second-order valence-electron chi connectivity index (χ2n) is 3.62. The van der Waals surface area contributed by atoms with E-state index in [0.717, 1.165) is 29.6 Å². The Hall–Kier alpha value is -1.15. The molecule has 0 spiro atoms. The summed E-state index contributed by atoms with van der Waals surface area (Å²) in [6, 6.07) is 4.09. The molecule has 1 fully saturated rings. The molecule has 3 aliphatic rings. The summed E-state index contributed by atoms with van der Waals surface area (Å²) in [6.45, 7) is 2.77. The van der Waals surface area contributed by atoms with Gasteiger partial charge in [0.1, 0.15) is 5.60 Å². The quantitative estimate of drug-likeness (QED) is 0.494. The van der Waals surface area contributed by atoms with Gasteiger partial charge in [0.2, 0.25) is 0 Å². The predicted octanol–water partition coefficient (Wildman–Crippen LogP) is 1.72. The summed E-state index contributed by atoms with van der Waals surface area (Å²) in [5.41, 5.74) is 4.09. The Kier molecular flexibility index (Phi) is 0.858. The molecule has 0 bridgehead atoms. The van der Waals surface area contributed by atoms with Crippen LogP contribution in [0.5, 0.6) is 0 Å². The van der Waals surface area contributed by atoms with Crippen molar-refractivity contribution in [1.82, 2.24) is 0 Å². The maximum atomic E-state index is 10.7. The summed E-state index contributed by atoms with van der Waals surface area (Å²) in [6.07, 6.45) is 0.935. The van der Waals surface area contributed by atoms with Crippen LogP contribution in [-0.4, -0.2) is 12.9 Å². The van der Waals surface area contributed by atoms with Gasteiger partial charge in [0.25, 0.3) is 0 Å². The summed E-state index contributed by atoms with van der Waals surface area (Å²) < 4.78 is 5.29. The van der Waals surface area contributed by atoms with Gasteiger partial charge in [0.05, 0.1) is 6.61 Å². The minimum atomic E-state index is -0.155. The fourth-order valence-electron chi connectivity index (χ4n) is 1.68. The molecule has 1 atom stereocenters. The molecule has 2 nitrogen and oxygen atoms in total. The number of ether oxygens (including phenoxy) is 1. The second-order valence-corrected chi connectivity index (χ2v) is 3.62. The lowest BCUT2D eigenvalue weighted by atomic mass is 10.0. The van der Waals surface area contributed by atoms with E-state index in [-0.39, 0.29) is 5.60 Å². The summed E-state index contributed by atoms with van der Waals surface area (Å²) in [4.78, 5) is 10.7. The molecule has 2 heteroatoms. The van der Waals surface area contributed by atoms with E-state index in [0.29, 0.717) is 0 Å². The molecule has 1 heterocycles. The van der Waals surface area contributed by atoms with Crippen molar-refractivity contribution < 1.29 is 9.53 Å². The van der Waals surface area contributed by atoms with Crippen LogP contribution in [0.25, 0.3) is 11.1 Å². The van der Waals surface area contributed by atoms with E-state index >= 15 is 0 Å². The first-order valence-corrected chi connectivity index (χ1v) is 4.03. The first kappa shape index (κ1) is 6.38. The van der Waals surface area contributed by atoms with Crippen LogP contribution in [0.4, 0.5) is 0 Å². The molecule has 0 amide bonds. The third-order valence-corrected chi connectivity index (χ3v) is 2.67. The predicted molar refractivity (Wildman–Crippen MR) is 44.1 cm³/mol. The highest BCUT2D eigenvalue weighted by Gasteiger charge is 2.45. The molecule has 1 unspecified atom stereocenters. The lowest BCUT2D eigenvalue weighted by Gasteiger charge is -2.02. The summed E-state index contributed by atoms with van der Waals surface area (Å²) in [7, 11) is 0. The Labute approximate surface area is 70.2 Å². The van der Waals surface area contributed by atoms with E-state index in [4.69, 9.17) is 4.74 Å². The Morgan fingerprint density at radius 2 is 2.33 bits per heavy atom. The minimum Gasteiger partial charge on any atom is -0.365 e. The maximum Gasteiger partial charge on any atom is 0.151 e. The van der Waals surface area contributed by atoms with E-state index in [2.05, 4.69) is 6.07 Å². The molecular formula is C10H8O2. The van der Waals surface area contributed by atoms with Gasteiger partial charge in [-0.1, -0.05) is 0 Å². The Morgan fingerprint density at radius 3 is 2.92 bits per heavy atom. The van der Waals surface area contributed by atoms with E-state index in [1.54, 1.807) is 0 Å². The lowest BCUT2D eigenvalue weighted by Crippen LogP contribution is -2.03. The van der Waals surface area contributed by atoms with Crippen molar-refractivity contribution in [3.8, 4) is 11.1 Å². The van der Waals surface area contributed by atoms with Crippen molar-refractivity contribution in [3.63, 3.8) is 0 Å². The van der Waals surface area contributed by atoms with Crippen LogP contribution in [-0.2, 0) is 10.3 Å². The van der Waals surface area contributed by atoms with Crippen molar-refractivity contribution in [2.24, 2.45) is 0 Å². The Bertz CT molecular complexity index is 389. The first-order valence-electron chi connectivity index (χ1n) is 4.03. The van der Waals surface area contributed by atoms with Crippen molar-refractivity contribution in [2.45, 2.75) is 12.5 Å². The molecular weight excluding hydrogens is 152 g/mol. The highest BCUT2D eigenvalue weighted by atomic mass is 16.6. The molecule has 3 rings (SSSR count). The Balaban J connectivity index is 2.18. The molecule has 0 aromatic rings. The first-order chi connectivity index (χ1) is 5.74. The molecule has 12 heavy (non-hydrogen) atoms. The van der Waals surface area contributed by atoms with Crippen LogP contribution >= 0.6 is 0 Å². The molecule has 0 aromatic heterocycles. The lowest BCUT2D eigenvalue weighted by molar-refractivity contribution is 0.112. The third-order valence-electron chi connectivity index (χ3n) is 2.67. The molecule has 1 saturated heterocycles. The minimum absolute atomic E-state index is 0.155. The summed E-state index contributed by atoms with van der Waals surface area (Å²) in [5.74, 6) is 0. The largest absolute Gasteiger partial charge is 0.365 e. The van der Waals surface area contributed by atoms with Crippen LogP contribution in [0, 0.1) is 0 Å². The molecule has 60 valence electrons. The normalized spacial score (nSPS) is 28.4. The smallest absolute Gasteiger partial charge is 0.151 e. The number of benzene rings is 1. The number of carbonyl (C=O) groups excluding carboxylic acids is 1. The molecule has 0 radical (unpaired) electrons. The zero-order chi connectivity index (χ0) is 8.34. The van der Waals surface area contributed by atoms with Crippen molar-refractivity contribution in [3.05, 3.63) is 23.3 Å². The number of epoxide rings is 1. The summed E-state index contributed by atoms with van der Waals surface area (Å²) >= 11 is 0. The van der Waals surface area contributed by atoms with Gasteiger partial charge in [-0.25, -0.2) is 0 Å². The second kappa shape index (κ2) is 1.62. The van der Waals surface area contributed by atoms with Crippen LogP contribution in [0.3, 0.4) is 0 Å². The fourth-order valence-corrected chi connectivity index (χ4v) is 1.68. The third kappa shape index (κ3) is 0.612. The average molecular weight is 160 g/mol. The van der Waals surface area contributed by atoms with Crippen molar-refractivity contribution in [1.29, 1.82) is 0 Å². The molecule has 1 aliphatic heterocycles. The topological polar surface area (TPSA) is 29.6 Å². The highest BCUT2D eigenvalue weighted by Crippen LogP contribution is 2.49. The van der Waals surface area contributed by atoms with E-state index in [1.807, 2.05) is 13.0 Å². The van der Waals surface area contributed by atoms with Crippen LogP contribution in [0.15, 0.2) is 12.1 Å². The van der Waals surface area contributed by atoms with Gasteiger partial charge < -0.3 is 4.74 Å². The molecule has 2 aliphatic carbocycles. The monoisotopic (exact) mass is 160 g/mol. The van der Waals surface area contributed by atoms with Gasteiger partial charge in [0, 0.05) is 5.56 Å². The zero-order valence-corrected chi connectivity index (χ0v) is 6.76. The van der Waals surface area contributed by atoms with Gasteiger partial charge in [0.15, 0.2) is 6.29 Å². The van der Waals surface area contributed by atoms with Crippen molar-refractivity contribution in [2.75, 3.05) is 6.61 Å². The van der Waals surface area contributed by atoms with Gasteiger partial charge in [-0.2, -0.15) is 0 Å². The number of aldehydes is 1. The van der Waals surface area contributed by atoms with Crippen LogP contribution in [0.1, 0.15) is 22.8 Å². The fraction of sp³-hybridized carbons (Fsp3) is 0.300. The molecule has 0 saturated carbocycles. The Morgan fingerprint density at radius 1 is 1.58 bits per heavy atom. The number of hydrogen-bond donors (Lipinski definition) is 0. The van der Waals surface area contributed by atoms with Gasteiger partial charge in [-0.05, 0) is 35.7 Å². The SMILES string of the molecule is CC1(c2cc3cc-3c2C=O)CO1. The van der Waals surface area contributed by atoms with Gasteiger partial charge >= 0.3 is 0 Å². The van der Waals surface area contributed by atoms with Gasteiger partial charge in [-0.15, -0.1) is 0 Å². The van der Waals surface area contributed by atoms with Crippen molar-refractivity contribution >= 4 is 6.29 Å². The summed E-state index contributed by atoms with van der Waals surface area (Å²) in [5, 5.41) is 0. The van der Waals surface area contributed by atoms with Gasteiger partial charge in [-0.3, -0.25) is 4.79 Å². The average Bonchev–Trinajstić information content (AvgIpc) is 2.94.